The number of hydrogen-bond donors (Lipinski definition) is 1. The molecule has 7 nitrogen and oxygen atoms in total. The number of nitrogens with one attached hydrogen (secondary N) is 1. The number of rotatable bonds is 3. The van der Waals surface area contributed by atoms with E-state index >= 15 is 0 Å². The van der Waals surface area contributed by atoms with Crippen molar-refractivity contribution in [1.29, 1.82) is 0 Å². The van der Waals surface area contributed by atoms with Gasteiger partial charge in [-0.2, -0.15) is 0 Å². The van der Waals surface area contributed by atoms with Crippen molar-refractivity contribution in [2.75, 3.05) is 14.2 Å². The van der Waals surface area contributed by atoms with Crippen LogP contribution in [-0.2, 0) is 16.2 Å². The Morgan fingerprint density at radius 2 is 2.27 bits per heavy atom. The van der Waals surface area contributed by atoms with Gasteiger partial charge in [-0.25, -0.2) is 9.86 Å². The van der Waals surface area contributed by atoms with Crippen LogP contribution in [-0.4, -0.2) is 34.7 Å². The molecule has 0 aliphatic rings. The van der Waals surface area contributed by atoms with Crippen LogP contribution in [0.3, 0.4) is 0 Å². The van der Waals surface area contributed by atoms with E-state index in [0.29, 0.717) is 0 Å². The van der Waals surface area contributed by atoms with Crippen molar-refractivity contribution >= 4 is 5.91 Å². The standard InChI is InChI=1S/C8H11N3O4/c1-10(15-2)7(13)5-11-4-3-6(12)9-8(11)14/h3-4H,5H2,1-2H3,(H,9,12,14). The fraction of sp³-hybridized carbons (Fsp3) is 0.375. The summed E-state index contributed by atoms with van der Waals surface area (Å²) >= 11 is 0. The minimum Gasteiger partial charge on any atom is -0.291 e. The largest absolute Gasteiger partial charge is 0.328 e. The Morgan fingerprint density at radius 1 is 1.60 bits per heavy atom. The van der Waals surface area contributed by atoms with Crippen LogP contribution in [0.4, 0.5) is 0 Å². The molecule has 82 valence electrons. The molecule has 15 heavy (non-hydrogen) atoms. The highest BCUT2D eigenvalue weighted by Gasteiger charge is 2.09. The van der Waals surface area contributed by atoms with E-state index in [2.05, 4.69) is 4.84 Å². The molecule has 0 saturated carbocycles. The van der Waals surface area contributed by atoms with Crippen LogP contribution in [0, 0.1) is 0 Å². The summed E-state index contributed by atoms with van der Waals surface area (Å²) < 4.78 is 1.08. The van der Waals surface area contributed by atoms with Gasteiger partial charge < -0.3 is 0 Å². The number of amides is 1. The van der Waals surface area contributed by atoms with Crippen LogP contribution >= 0.6 is 0 Å². The van der Waals surface area contributed by atoms with Crippen molar-refractivity contribution in [1.82, 2.24) is 14.6 Å². The van der Waals surface area contributed by atoms with E-state index in [-0.39, 0.29) is 6.54 Å². The maximum absolute atomic E-state index is 11.3. The molecule has 7 heteroatoms. The minimum absolute atomic E-state index is 0.181. The Morgan fingerprint density at radius 3 is 2.80 bits per heavy atom. The quantitative estimate of drug-likeness (QED) is 0.623. The maximum Gasteiger partial charge on any atom is 0.328 e. The maximum atomic E-state index is 11.3. The summed E-state index contributed by atoms with van der Waals surface area (Å²) in [6.07, 6.45) is 1.25. The van der Waals surface area contributed by atoms with Gasteiger partial charge in [-0.3, -0.25) is 24.0 Å². The minimum atomic E-state index is -0.625. The number of nitrogens with zero attached hydrogens (tertiary/aromatic N) is 2. The second kappa shape index (κ2) is 4.56. The van der Waals surface area contributed by atoms with E-state index in [1.54, 1.807) is 0 Å². The van der Waals surface area contributed by atoms with Crippen LogP contribution in [0.2, 0.25) is 0 Å². The molecule has 0 atom stereocenters. The fourth-order valence-corrected chi connectivity index (χ4v) is 0.916. The molecule has 0 spiro atoms. The molecular formula is C8H11N3O4. The van der Waals surface area contributed by atoms with Gasteiger partial charge in [0.25, 0.3) is 11.5 Å². The topological polar surface area (TPSA) is 84.4 Å². The lowest BCUT2D eigenvalue weighted by molar-refractivity contribution is -0.169. The van der Waals surface area contributed by atoms with Crippen molar-refractivity contribution in [3.8, 4) is 0 Å². The van der Waals surface area contributed by atoms with Gasteiger partial charge in [0.05, 0.1) is 7.11 Å². The highest BCUT2D eigenvalue weighted by molar-refractivity contribution is 5.74. The van der Waals surface area contributed by atoms with Crippen molar-refractivity contribution in [3.05, 3.63) is 33.1 Å². The van der Waals surface area contributed by atoms with Gasteiger partial charge in [-0.05, 0) is 0 Å². The molecule has 1 heterocycles. The van der Waals surface area contributed by atoms with E-state index in [0.717, 1.165) is 9.63 Å². The van der Waals surface area contributed by atoms with E-state index in [1.807, 2.05) is 4.98 Å². The molecule has 0 unspecified atom stereocenters. The molecule has 1 aromatic heterocycles. The molecule has 0 fully saturated rings. The molecule has 0 aliphatic carbocycles. The first kappa shape index (κ1) is 11.2. The molecule has 0 saturated heterocycles. The summed E-state index contributed by atoms with van der Waals surface area (Å²) in [6.45, 7) is -0.181. The van der Waals surface area contributed by atoms with Gasteiger partial charge in [-0.1, -0.05) is 0 Å². The Kier molecular flexibility index (Phi) is 3.40. The molecule has 1 amide bonds. The van der Waals surface area contributed by atoms with Crippen molar-refractivity contribution in [2.24, 2.45) is 0 Å². The number of H-pyrrole nitrogens is 1. The first-order valence-corrected chi connectivity index (χ1v) is 4.15. The highest BCUT2D eigenvalue weighted by atomic mass is 16.7. The summed E-state index contributed by atoms with van der Waals surface area (Å²) in [5.74, 6) is -0.397. The number of carbonyl (C=O) groups is 1. The zero-order valence-electron chi connectivity index (χ0n) is 8.39. The average Bonchev–Trinajstić information content (AvgIpc) is 2.20. The third kappa shape index (κ3) is 2.78. The zero-order chi connectivity index (χ0) is 11.4. The van der Waals surface area contributed by atoms with Gasteiger partial charge in [0.15, 0.2) is 0 Å². The molecular weight excluding hydrogens is 202 g/mol. The number of hydroxylamine groups is 2. The van der Waals surface area contributed by atoms with E-state index in [4.69, 9.17) is 0 Å². The summed E-state index contributed by atoms with van der Waals surface area (Å²) in [4.78, 5) is 39.9. The first-order valence-electron chi connectivity index (χ1n) is 4.15. The van der Waals surface area contributed by atoms with Crippen molar-refractivity contribution < 1.29 is 9.63 Å². The third-order valence-corrected chi connectivity index (χ3v) is 1.83. The molecule has 1 rings (SSSR count). The smallest absolute Gasteiger partial charge is 0.291 e. The van der Waals surface area contributed by atoms with E-state index < -0.39 is 17.2 Å². The zero-order valence-corrected chi connectivity index (χ0v) is 8.39. The SMILES string of the molecule is CON(C)C(=O)Cn1ccc(=O)[nH]c1=O. The van der Waals surface area contributed by atoms with E-state index in [1.165, 1.54) is 26.4 Å². The van der Waals surface area contributed by atoms with Crippen LogP contribution in [0.25, 0.3) is 0 Å². The van der Waals surface area contributed by atoms with Crippen LogP contribution < -0.4 is 11.2 Å². The second-order valence-electron chi connectivity index (χ2n) is 2.81. The van der Waals surface area contributed by atoms with Crippen molar-refractivity contribution in [2.45, 2.75) is 6.54 Å². The summed E-state index contributed by atoms with van der Waals surface area (Å²) in [5.41, 5.74) is -1.12. The fourth-order valence-electron chi connectivity index (χ4n) is 0.916. The predicted octanol–water partition coefficient (Wildman–Crippen LogP) is -1.44. The van der Waals surface area contributed by atoms with Crippen LogP contribution in [0.5, 0.6) is 0 Å². The highest BCUT2D eigenvalue weighted by Crippen LogP contribution is 1.87. The summed E-state index contributed by atoms with van der Waals surface area (Å²) in [5, 5.41) is 0.998. The number of carbonyl (C=O) groups excluding carboxylic acids is 1. The molecule has 1 aromatic rings. The van der Waals surface area contributed by atoms with Crippen LogP contribution in [0.1, 0.15) is 0 Å². The Bertz CT molecular complexity index is 461. The number of aromatic nitrogens is 2. The van der Waals surface area contributed by atoms with Gasteiger partial charge in [0, 0.05) is 19.3 Å². The number of hydrogen-bond acceptors (Lipinski definition) is 4. The van der Waals surface area contributed by atoms with Crippen LogP contribution in [0.15, 0.2) is 21.9 Å². The van der Waals surface area contributed by atoms with Gasteiger partial charge in [0.1, 0.15) is 6.54 Å². The summed E-state index contributed by atoms with van der Waals surface area (Å²) in [7, 11) is 2.77. The van der Waals surface area contributed by atoms with Gasteiger partial charge in [-0.15, -0.1) is 0 Å². The Hall–Kier alpha value is -1.89. The predicted molar refractivity (Wildman–Crippen MR) is 51.1 cm³/mol. The monoisotopic (exact) mass is 213 g/mol. The third-order valence-electron chi connectivity index (χ3n) is 1.83. The lowest BCUT2D eigenvalue weighted by Gasteiger charge is -2.13. The lowest BCUT2D eigenvalue weighted by Crippen LogP contribution is -2.35. The average molecular weight is 213 g/mol. The first-order chi connectivity index (χ1) is 7.04. The Labute approximate surface area is 84.9 Å². The van der Waals surface area contributed by atoms with Gasteiger partial charge >= 0.3 is 5.69 Å². The molecule has 0 aliphatic heterocycles. The van der Waals surface area contributed by atoms with E-state index in [9.17, 15) is 14.4 Å². The number of likely N-dealkylation sites (N-methyl/N-ethyl adjacent to an activating group) is 1. The normalized spacial score (nSPS) is 10.0. The van der Waals surface area contributed by atoms with Crippen molar-refractivity contribution in [3.63, 3.8) is 0 Å². The second-order valence-corrected chi connectivity index (χ2v) is 2.81. The van der Waals surface area contributed by atoms with Gasteiger partial charge in [0.2, 0.25) is 0 Å². The lowest BCUT2D eigenvalue weighted by atomic mass is 10.5. The summed E-state index contributed by atoms with van der Waals surface area (Å²) in [6, 6.07) is 1.17. The number of aromatic amines is 1. The molecule has 0 aromatic carbocycles. The molecule has 0 bridgehead atoms. The molecule has 0 radical (unpaired) electrons. The Balaban J connectivity index is 2.86. The molecule has 1 N–H and O–H groups in total.